The average molecular weight is 248 g/mol. The maximum atomic E-state index is 11.2. The molecule has 2 heteroatoms. The molecule has 100 valence electrons. The predicted octanol–water partition coefficient (Wildman–Crippen LogP) is 3.47. The maximum absolute atomic E-state index is 11.2. The van der Waals surface area contributed by atoms with Crippen LogP contribution in [-0.2, 0) is 10.3 Å². The first-order chi connectivity index (χ1) is 8.09. The molecule has 1 saturated heterocycles. The molecular formula is C16H24O2. The van der Waals surface area contributed by atoms with Gasteiger partial charge in [0.05, 0.1) is 11.2 Å². The van der Waals surface area contributed by atoms with E-state index in [4.69, 9.17) is 4.74 Å². The van der Waals surface area contributed by atoms with Crippen LogP contribution in [0.4, 0.5) is 0 Å². The van der Waals surface area contributed by atoms with Gasteiger partial charge >= 0.3 is 0 Å². The van der Waals surface area contributed by atoms with E-state index in [2.05, 4.69) is 19.9 Å². The van der Waals surface area contributed by atoms with Crippen LogP contribution >= 0.6 is 0 Å². The summed E-state index contributed by atoms with van der Waals surface area (Å²) in [6.45, 7) is 12.2. The van der Waals surface area contributed by atoms with Crippen LogP contribution in [0.2, 0.25) is 0 Å². The van der Waals surface area contributed by atoms with E-state index in [1.807, 2.05) is 39.8 Å². The second-order valence-electron chi connectivity index (χ2n) is 6.66. The quantitative estimate of drug-likeness (QED) is 0.824. The fourth-order valence-corrected chi connectivity index (χ4v) is 3.26. The highest BCUT2D eigenvalue weighted by atomic mass is 16.5. The molecule has 0 bridgehead atoms. The van der Waals surface area contributed by atoms with E-state index < -0.39 is 11.2 Å². The summed E-state index contributed by atoms with van der Waals surface area (Å²) in [5, 5.41) is 11.2. The minimum Gasteiger partial charge on any atom is -0.382 e. The molecule has 0 aromatic heterocycles. The molecule has 1 aliphatic rings. The van der Waals surface area contributed by atoms with Crippen LogP contribution in [0.25, 0.3) is 0 Å². The molecule has 2 rings (SSSR count). The zero-order valence-electron chi connectivity index (χ0n) is 12.3. The largest absolute Gasteiger partial charge is 0.382 e. The lowest BCUT2D eigenvalue weighted by Gasteiger charge is -2.36. The average Bonchev–Trinajstić information content (AvgIpc) is 2.35. The molecule has 18 heavy (non-hydrogen) atoms. The van der Waals surface area contributed by atoms with Gasteiger partial charge in [0.25, 0.3) is 0 Å². The second-order valence-corrected chi connectivity index (χ2v) is 6.66. The van der Waals surface area contributed by atoms with E-state index in [1.54, 1.807) is 0 Å². The fourth-order valence-electron chi connectivity index (χ4n) is 3.26. The Bertz CT molecular complexity index is 474. The van der Waals surface area contributed by atoms with Crippen molar-refractivity contribution in [2.24, 2.45) is 0 Å². The van der Waals surface area contributed by atoms with Crippen molar-refractivity contribution in [1.29, 1.82) is 0 Å². The number of aliphatic hydroxyl groups is 1. The first-order valence-corrected chi connectivity index (χ1v) is 6.58. The highest BCUT2D eigenvalue weighted by Crippen LogP contribution is 2.51. The Hall–Kier alpha value is -0.860. The summed E-state index contributed by atoms with van der Waals surface area (Å²) in [6.07, 6.45) is 0.622. The van der Waals surface area contributed by atoms with Crippen molar-refractivity contribution in [3.05, 3.63) is 34.9 Å². The number of ether oxygens (including phenoxy) is 1. The Morgan fingerprint density at radius 1 is 1.11 bits per heavy atom. The summed E-state index contributed by atoms with van der Waals surface area (Å²) in [7, 11) is 0. The molecule has 0 saturated carbocycles. The maximum Gasteiger partial charge on any atom is 0.121 e. The van der Waals surface area contributed by atoms with E-state index in [-0.39, 0.29) is 5.60 Å². The van der Waals surface area contributed by atoms with E-state index in [1.165, 1.54) is 5.56 Å². The van der Waals surface area contributed by atoms with Gasteiger partial charge in [-0.15, -0.1) is 0 Å². The van der Waals surface area contributed by atoms with Crippen molar-refractivity contribution in [3.63, 3.8) is 0 Å². The van der Waals surface area contributed by atoms with Gasteiger partial charge in [0.15, 0.2) is 0 Å². The van der Waals surface area contributed by atoms with Crippen LogP contribution in [-0.4, -0.2) is 16.3 Å². The zero-order chi connectivity index (χ0) is 13.8. The molecule has 0 amide bonds. The number of aryl methyl sites for hydroxylation is 1. The van der Waals surface area contributed by atoms with Crippen molar-refractivity contribution < 1.29 is 9.84 Å². The lowest BCUT2D eigenvalue weighted by atomic mass is 9.75. The molecule has 2 nitrogen and oxygen atoms in total. The first-order valence-electron chi connectivity index (χ1n) is 6.58. The Morgan fingerprint density at radius 3 is 2.22 bits per heavy atom. The third kappa shape index (κ3) is 1.88. The normalized spacial score (nSPS) is 29.5. The van der Waals surface area contributed by atoms with Crippen LogP contribution in [0.5, 0.6) is 0 Å². The third-order valence-corrected chi connectivity index (χ3v) is 4.26. The SMILES string of the molecule is Cc1cccc(C2(O)CC(C)(C)OC2(C)C)c1C. The van der Waals surface area contributed by atoms with Crippen molar-refractivity contribution in [1.82, 2.24) is 0 Å². The Kier molecular flexibility index (Phi) is 2.88. The summed E-state index contributed by atoms with van der Waals surface area (Å²) < 4.78 is 6.05. The molecule has 1 aromatic carbocycles. The molecule has 1 heterocycles. The first kappa shape index (κ1) is 13.6. The standard InChI is InChI=1S/C16H24O2/c1-11-8-7-9-13(12(11)2)16(17)10-14(3,4)18-15(16,5)6/h7-9,17H,10H2,1-6H3. The van der Waals surface area contributed by atoms with Crippen molar-refractivity contribution >= 4 is 0 Å². The van der Waals surface area contributed by atoms with Gasteiger partial charge in [0, 0.05) is 6.42 Å². The summed E-state index contributed by atoms with van der Waals surface area (Å²) in [6, 6.07) is 6.11. The monoisotopic (exact) mass is 248 g/mol. The number of hydrogen-bond donors (Lipinski definition) is 1. The highest BCUT2D eigenvalue weighted by molar-refractivity contribution is 5.40. The van der Waals surface area contributed by atoms with Crippen molar-refractivity contribution in [2.75, 3.05) is 0 Å². The molecule has 1 unspecified atom stereocenters. The van der Waals surface area contributed by atoms with Crippen LogP contribution in [0.1, 0.15) is 50.8 Å². The van der Waals surface area contributed by atoms with Crippen molar-refractivity contribution in [2.45, 2.75) is 64.8 Å². The Balaban J connectivity index is 2.58. The van der Waals surface area contributed by atoms with E-state index >= 15 is 0 Å². The van der Waals surface area contributed by atoms with Gasteiger partial charge in [-0.3, -0.25) is 0 Å². The summed E-state index contributed by atoms with van der Waals surface area (Å²) in [5.74, 6) is 0. The molecule has 1 aliphatic heterocycles. The molecule has 1 aromatic rings. The predicted molar refractivity (Wildman–Crippen MR) is 73.7 cm³/mol. The molecule has 0 aliphatic carbocycles. The Morgan fingerprint density at radius 2 is 1.72 bits per heavy atom. The summed E-state index contributed by atoms with van der Waals surface area (Å²) in [4.78, 5) is 0. The second kappa shape index (κ2) is 3.82. The van der Waals surface area contributed by atoms with Gasteiger partial charge in [-0.1, -0.05) is 18.2 Å². The van der Waals surface area contributed by atoms with Gasteiger partial charge in [-0.05, 0) is 58.2 Å². The van der Waals surface area contributed by atoms with E-state index in [0.717, 1.165) is 11.1 Å². The topological polar surface area (TPSA) is 29.5 Å². The van der Waals surface area contributed by atoms with Gasteiger partial charge in [-0.25, -0.2) is 0 Å². The minimum atomic E-state index is -0.924. The zero-order valence-corrected chi connectivity index (χ0v) is 12.3. The van der Waals surface area contributed by atoms with Gasteiger partial charge in [-0.2, -0.15) is 0 Å². The molecular weight excluding hydrogens is 224 g/mol. The fraction of sp³-hybridized carbons (Fsp3) is 0.625. The molecule has 1 fully saturated rings. The van der Waals surface area contributed by atoms with Gasteiger partial charge in [0.2, 0.25) is 0 Å². The van der Waals surface area contributed by atoms with Crippen LogP contribution < -0.4 is 0 Å². The third-order valence-electron chi connectivity index (χ3n) is 4.26. The minimum absolute atomic E-state index is 0.297. The number of hydrogen-bond acceptors (Lipinski definition) is 2. The van der Waals surface area contributed by atoms with Crippen LogP contribution in [0.15, 0.2) is 18.2 Å². The molecule has 0 radical (unpaired) electrons. The Labute approximate surface area is 110 Å². The molecule has 1 atom stereocenters. The lowest BCUT2D eigenvalue weighted by molar-refractivity contribution is -0.130. The van der Waals surface area contributed by atoms with Crippen molar-refractivity contribution in [3.8, 4) is 0 Å². The van der Waals surface area contributed by atoms with Crippen LogP contribution in [0.3, 0.4) is 0 Å². The van der Waals surface area contributed by atoms with Crippen LogP contribution in [0, 0.1) is 13.8 Å². The van der Waals surface area contributed by atoms with Gasteiger partial charge in [0.1, 0.15) is 5.60 Å². The van der Waals surface area contributed by atoms with E-state index in [0.29, 0.717) is 6.42 Å². The summed E-state index contributed by atoms with van der Waals surface area (Å²) in [5.41, 5.74) is 1.57. The van der Waals surface area contributed by atoms with E-state index in [9.17, 15) is 5.11 Å². The number of benzene rings is 1. The smallest absolute Gasteiger partial charge is 0.121 e. The molecule has 1 N–H and O–H groups in total. The van der Waals surface area contributed by atoms with Gasteiger partial charge < -0.3 is 9.84 Å². The number of rotatable bonds is 1. The highest BCUT2D eigenvalue weighted by Gasteiger charge is 2.57. The summed E-state index contributed by atoms with van der Waals surface area (Å²) >= 11 is 0. The molecule has 0 spiro atoms. The lowest BCUT2D eigenvalue weighted by Crippen LogP contribution is -2.44.